The number of hydrogen-bond donors (Lipinski definition) is 3. The summed E-state index contributed by atoms with van der Waals surface area (Å²) in [5.41, 5.74) is 0. The van der Waals surface area contributed by atoms with Gasteiger partial charge in [-0.25, -0.2) is 0 Å². The first kappa shape index (κ1) is 25.5. The monoisotopic (exact) mass is 492 g/mol. The van der Waals surface area contributed by atoms with Crippen LogP contribution in [0.4, 0.5) is 0 Å². The van der Waals surface area contributed by atoms with Gasteiger partial charge in [-0.2, -0.15) is 11.8 Å². The molecule has 0 radical (unpaired) electrons. The smallest absolute Gasteiger partial charge is 0.303 e. The minimum absolute atomic E-state index is 0.118. The van der Waals surface area contributed by atoms with E-state index in [2.05, 4.69) is 22.8 Å². The number of hydrogen-bond acceptors (Lipinski definition) is 5. The number of carboxylic acid groups (broad SMARTS) is 1. The van der Waals surface area contributed by atoms with Gasteiger partial charge in [0.25, 0.3) is 0 Å². The maximum atomic E-state index is 12.3. The van der Waals surface area contributed by atoms with Crippen LogP contribution in [0.5, 0.6) is 0 Å². The summed E-state index contributed by atoms with van der Waals surface area (Å²) in [4.78, 5) is 35.5. The Balaban J connectivity index is 1.37. The van der Waals surface area contributed by atoms with Crippen LogP contribution < -0.4 is 10.6 Å². The molecule has 180 valence electrons. The molecule has 2 saturated heterocycles. The summed E-state index contributed by atoms with van der Waals surface area (Å²) in [7, 11) is -1.43. The minimum atomic E-state index is -1.43. The Morgan fingerprint density at radius 3 is 2.48 bits per heavy atom. The Morgan fingerprint density at radius 1 is 1.03 bits per heavy atom. The van der Waals surface area contributed by atoms with Gasteiger partial charge in [0.2, 0.25) is 11.8 Å². The van der Waals surface area contributed by atoms with Crippen molar-refractivity contribution in [3.63, 3.8) is 0 Å². The van der Waals surface area contributed by atoms with Crippen LogP contribution in [0.3, 0.4) is 0 Å². The molecule has 1 aromatic carbocycles. The number of fused-ring (bicyclic) bond motifs is 2. The fraction of sp³-hybridized carbons (Fsp3) is 0.542. The van der Waals surface area contributed by atoms with Crippen LogP contribution in [0.15, 0.2) is 47.4 Å². The van der Waals surface area contributed by atoms with Gasteiger partial charge in [0.15, 0.2) is 0 Å². The maximum Gasteiger partial charge on any atom is 0.303 e. The number of carbonyl (C=O) groups excluding carboxylic acids is 2. The van der Waals surface area contributed by atoms with E-state index in [0.29, 0.717) is 40.2 Å². The van der Waals surface area contributed by atoms with E-state index < -0.39 is 22.7 Å². The molecule has 2 aliphatic rings. The van der Waals surface area contributed by atoms with Crippen LogP contribution in [-0.4, -0.2) is 56.4 Å². The largest absolute Gasteiger partial charge is 0.481 e. The molecule has 5 atom stereocenters. The quantitative estimate of drug-likeness (QED) is 0.288. The summed E-state index contributed by atoms with van der Waals surface area (Å²) in [5, 5.41) is 15.4. The van der Waals surface area contributed by atoms with E-state index in [4.69, 9.17) is 5.11 Å². The van der Waals surface area contributed by atoms with E-state index in [1.165, 1.54) is 12.8 Å². The number of carbonyl (C=O) groups is 3. The summed E-state index contributed by atoms with van der Waals surface area (Å²) in [6, 6.07) is 8.80. The van der Waals surface area contributed by atoms with E-state index in [1.54, 1.807) is 24.3 Å². The number of amides is 2. The molecule has 33 heavy (non-hydrogen) atoms. The third-order valence-corrected chi connectivity index (χ3v) is 9.37. The molecule has 7 nitrogen and oxygen atoms in total. The fourth-order valence-electron chi connectivity index (χ4n) is 4.52. The highest BCUT2D eigenvalue weighted by Gasteiger charge is 2.47. The highest BCUT2D eigenvalue weighted by molar-refractivity contribution is 8.01. The Morgan fingerprint density at radius 2 is 1.76 bits per heavy atom. The van der Waals surface area contributed by atoms with Crippen LogP contribution in [-0.2, 0) is 25.2 Å². The summed E-state index contributed by atoms with van der Waals surface area (Å²) in [6.45, 7) is 0.475. The van der Waals surface area contributed by atoms with Crippen molar-refractivity contribution in [1.82, 2.24) is 10.6 Å². The lowest BCUT2D eigenvalue weighted by molar-refractivity contribution is -0.137. The van der Waals surface area contributed by atoms with Crippen molar-refractivity contribution >= 4 is 40.3 Å². The van der Waals surface area contributed by atoms with E-state index in [-0.39, 0.29) is 24.6 Å². The maximum absolute atomic E-state index is 12.3. The topological polar surface area (TPSA) is 113 Å². The number of rotatable bonds is 13. The highest BCUT2D eigenvalue weighted by Crippen LogP contribution is 2.54. The number of aliphatic carboxylic acids is 1. The second kappa shape index (κ2) is 12.9. The lowest BCUT2D eigenvalue weighted by Gasteiger charge is -2.29. The first-order chi connectivity index (χ1) is 15.9. The standard InChI is InChI=1S/C24H32N2O5S2/c27-22(15-26-23(28)16-33(31)17-8-4-3-5-9-17)25-14-19-18(20-12-13-21(19)32-20)10-6-1-2-7-11-24(29)30/h1,3-6,8-9,18-21H,2,7,10-16H2,(H,25,27)(H,26,28)(H,29,30)/b6-1-. The van der Waals surface area contributed by atoms with Crippen LogP contribution in [0.25, 0.3) is 0 Å². The Hall–Kier alpha value is -2.13. The summed E-state index contributed by atoms with van der Waals surface area (Å²) < 4.78 is 12.2. The number of unbranched alkanes of at least 4 members (excludes halogenated alkanes) is 1. The molecule has 2 bridgehead atoms. The number of carboxylic acids is 1. The van der Waals surface area contributed by atoms with Gasteiger partial charge >= 0.3 is 5.97 Å². The van der Waals surface area contributed by atoms with Gasteiger partial charge in [-0.1, -0.05) is 30.4 Å². The van der Waals surface area contributed by atoms with Gasteiger partial charge in [0.1, 0.15) is 5.75 Å². The fourth-order valence-corrected chi connectivity index (χ4v) is 7.50. The molecule has 2 aliphatic heterocycles. The van der Waals surface area contributed by atoms with E-state index in [9.17, 15) is 18.6 Å². The first-order valence-electron chi connectivity index (χ1n) is 11.4. The molecule has 2 heterocycles. The van der Waals surface area contributed by atoms with Crippen molar-refractivity contribution in [3.8, 4) is 0 Å². The van der Waals surface area contributed by atoms with Gasteiger partial charge in [0.05, 0.1) is 17.3 Å². The zero-order chi connectivity index (χ0) is 23.6. The molecule has 5 unspecified atom stereocenters. The van der Waals surface area contributed by atoms with Crippen molar-refractivity contribution in [1.29, 1.82) is 0 Å². The van der Waals surface area contributed by atoms with E-state index in [1.807, 2.05) is 17.8 Å². The van der Waals surface area contributed by atoms with Gasteiger partial charge < -0.3 is 15.7 Å². The highest BCUT2D eigenvalue weighted by atomic mass is 32.2. The predicted octanol–water partition coefficient (Wildman–Crippen LogP) is 2.74. The molecule has 2 amide bonds. The van der Waals surface area contributed by atoms with Crippen molar-refractivity contribution in [3.05, 3.63) is 42.5 Å². The zero-order valence-corrected chi connectivity index (χ0v) is 20.2. The van der Waals surface area contributed by atoms with E-state index >= 15 is 0 Å². The Kier molecular flexibility index (Phi) is 9.99. The van der Waals surface area contributed by atoms with Gasteiger partial charge in [-0.15, -0.1) is 0 Å². The molecule has 0 aromatic heterocycles. The third-order valence-electron chi connectivity index (χ3n) is 6.18. The number of allylic oxidation sites excluding steroid dienone is 2. The second-order valence-corrected chi connectivity index (χ2v) is 11.4. The average Bonchev–Trinajstić information content (AvgIpc) is 3.41. The Labute approximate surface area is 201 Å². The van der Waals surface area contributed by atoms with Gasteiger partial charge in [-0.3, -0.25) is 18.6 Å². The predicted molar refractivity (Wildman–Crippen MR) is 130 cm³/mol. The summed E-state index contributed by atoms with van der Waals surface area (Å²) in [5.74, 6) is -0.653. The molecule has 3 rings (SSSR count). The molecule has 0 saturated carbocycles. The SMILES string of the molecule is O=C(O)CCC/C=C\CC1C2CCC(S2)C1CNC(=O)CNC(=O)CS(=O)c1ccccc1. The normalized spacial score (nSPS) is 24.6. The average molecular weight is 493 g/mol. The molecule has 1 aromatic rings. The summed E-state index contributed by atoms with van der Waals surface area (Å²) in [6.07, 6.45) is 9.20. The number of nitrogens with one attached hydrogen (secondary N) is 2. The lowest BCUT2D eigenvalue weighted by Crippen LogP contribution is -2.43. The molecule has 9 heteroatoms. The van der Waals surface area contributed by atoms with Gasteiger partial charge in [0, 0.05) is 28.4 Å². The number of benzene rings is 1. The van der Waals surface area contributed by atoms with E-state index in [0.717, 1.165) is 12.8 Å². The number of thioether (sulfide) groups is 1. The van der Waals surface area contributed by atoms with Crippen LogP contribution in [0.1, 0.15) is 38.5 Å². The van der Waals surface area contributed by atoms with Crippen LogP contribution in [0.2, 0.25) is 0 Å². The van der Waals surface area contributed by atoms with Crippen LogP contribution >= 0.6 is 11.8 Å². The van der Waals surface area contributed by atoms with Crippen molar-refractivity contribution in [2.24, 2.45) is 11.8 Å². The Bertz CT molecular complexity index is 877. The molecule has 0 aliphatic carbocycles. The molecule has 0 spiro atoms. The lowest BCUT2D eigenvalue weighted by atomic mass is 9.77. The van der Waals surface area contributed by atoms with Crippen LogP contribution in [0, 0.1) is 11.8 Å². The minimum Gasteiger partial charge on any atom is -0.481 e. The molecular weight excluding hydrogens is 460 g/mol. The first-order valence-corrected chi connectivity index (χ1v) is 13.7. The molecule has 3 N–H and O–H groups in total. The molecule has 2 fully saturated rings. The summed E-state index contributed by atoms with van der Waals surface area (Å²) >= 11 is 2.03. The zero-order valence-electron chi connectivity index (χ0n) is 18.6. The second-order valence-electron chi connectivity index (χ2n) is 8.49. The third kappa shape index (κ3) is 7.99. The van der Waals surface area contributed by atoms with Gasteiger partial charge in [-0.05, 0) is 56.1 Å². The van der Waals surface area contributed by atoms with Crippen molar-refractivity contribution < 1.29 is 23.7 Å². The molecular formula is C24H32N2O5S2. The van der Waals surface area contributed by atoms with Crippen molar-refractivity contribution in [2.75, 3.05) is 18.8 Å². The van der Waals surface area contributed by atoms with Crippen molar-refractivity contribution in [2.45, 2.75) is 53.9 Å².